The Bertz CT molecular complexity index is 263. The van der Waals surface area contributed by atoms with Crippen LogP contribution in [0.15, 0.2) is 24.3 Å². The first kappa shape index (κ1) is 10.2. The topological polar surface area (TPSA) is 29.5 Å². The van der Waals surface area contributed by atoms with Crippen LogP contribution in [-0.4, -0.2) is 25.4 Å². The van der Waals surface area contributed by atoms with Gasteiger partial charge in [-0.05, 0) is 11.6 Å². The van der Waals surface area contributed by atoms with Crippen molar-refractivity contribution in [2.45, 2.75) is 5.92 Å². The summed E-state index contributed by atoms with van der Waals surface area (Å²) in [7, 11) is 1.53. The highest BCUT2D eigenvalue weighted by Crippen LogP contribution is 2.18. The summed E-state index contributed by atoms with van der Waals surface area (Å²) in [5.41, 5.74) is 0.506. The molecule has 0 radical (unpaired) electrons. The molecule has 1 atom stereocenters. The lowest BCUT2D eigenvalue weighted by Gasteiger charge is -2.13. The molecule has 2 nitrogen and oxygen atoms in total. The Hall–Kier alpha value is -0.930. The highest BCUT2D eigenvalue weighted by atomic mass is 19.1. The van der Waals surface area contributed by atoms with Gasteiger partial charge in [0, 0.05) is 13.0 Å². The van der Waals surface area contributed by atoms with Crippen molar-refractivity contribution in [2.24, 2.45) is 0 Å². The van der Waals surface area contributed by atoms with Crippen LogP contribution in [0.4, 0.5) is 4.39 Å². The summed E-state index contributed by atoms with van der Waals surface area (Å²) in [6, 6.07) is 6.42. The molecule has 0 saturated carbocycles. The van der Waals surface area contributed by atoms with Crippen LogP contribution in [0, 0.1) is 5.82 Å². The lowest BCUT2D eigenvalue weighted by molar-refractivity contribution is 0.142. The van der Waals surface area contributed by atoms with Gasteiger partial charge in [0.25, 0.3) is 0 Å². The molecule has 1 unspecified atom stereocenters. The van der Waals surface area contributed by atoms with Crippen LogP contribution in [0.5, 0.6) is 0 Å². The fourth-order valence-corrected chi connectivity index (χ4v) is 1.25. The van der Waals surface area contributed by atoms with Gasteiger partial charge >= 0.3 is 0 Å². The molecule has 0 aliphatic heterocycles. The Morgan fingerprint density at radius 1 is 1.46 bits per heavy atom. The summed E-state index contributed by atoms with van der Waals surface area (Å²) in [6.45, 7) is 0.228. The SMILES string of the molecule is COCC(CO)c1ccccc1F. The van der Waals surface area contributed by atoms with E-state index in [1.807, 2.05) is 0 Å². The van der Waals surface area contributed by atoms with Crippen molar-refractivity contribution < 1.29 is 14.2 Å². The van der Waals surface area contributed by atoms with Crippen LogP contribution < -0.4 is 0 Å². The number of methoxy groups -OCH3 is 1. The van der Waals surface area contributed by atoms with Gasteiger partial charge < -0.3 is 9.84 Å². The highest BCUT2D eigenvalue weighted by molar-refractivity contribution is 5.21. The summed E-state index contributed by atoms with van der Waals surface area (Å²) in [5, 5.41) is 8.99. The zero-order chi connectivity index (χ0) is 9.68. The predicted octanol–water partition coefficient (Wildman–Crippen LogP) is 1.55. The zero-order valence-electron chi connectivity index (χ0n) is 7.53. The van der Waals surface area contributed by atoms with Crippen molar-refractivity contribution in [2.75, 3.05) is 20.3 Å². The molecule has 0 fully saturated rings. The molecule has 1 aromatic carbocycles. The fraction of sp³-hybridized carbons (Fsp3) is 0.400. The smallest absolute Gasteiger partial charge is 0.126 e. The van der Waals surface area contributed by atoms with Crippen LogP contribution in [0.1, 0.15) is 11.5 Å². The Balaban J connectivity index is 2.84. The third-order valence-electron chi connectivity index (χ3n) is 1.93. The van der Waals surface area contributed by atoms with E-state index in [2.05, 4.69) is 0 Å². The van der Waals surface area contributed by atoms with Gasteiger partial charge in [0.1, 0.15) is 5.82 Å². The molecule has 72 valence electrons. The Labute approximate surface area is 77.0 Å². The van der Waals surface area contributed by atoms with Crippen LogP contribution in [-0.2, 0) is 4.74 Å². The molecule has 0 aromatic heterocycles. The van der Waals surface area contributed by atoms with E-state index in [4.69, 9.17) is 9.84 Å². The van der Waals surface area contributed by atoms with Gasteiger partial charge in [0.15, 0.2) is 0 Å². The predicted molar refractivity (Wildman–Crippen MR) is 48.1 cm³/mol. The molecular formula is C10H13FO2. The number of halogens is 1. The van der Waals surface area contributed by atoms with Gasteiger partial charge in [-0.1, -0.05) is 18.2 Å². The standard InChI is InChI=1S/C10H13FO2/c1-13-7-8(6-12)9-4-2-3-5-10(9)11/h2-5,8,12H,6-7H2,1H3. The molecule has 0 saturated heterocycles. The third-order valence-corrected chi connectivity index (χ3v) is 1.93. The minimum absolute atomic E-state index is 0.102. The first-order valence-electron chi connectivity index (χ1n) is 4.13. The Morgan fingerprint density at radius 3 is 2.69 bits per heavy atom. The normalized spacial score (nSPS) is 12.8. The number of ether oxygens (including phenoxy) is 1. The first-order chi connectivity index (χ1) is 6.29. The van der Waals surface area contributed by atoms with Gasteiger partial charge in [0.05, 0.1) is 13.2 Å². The minimum atomic E-state index is -0.293. The monoisotopic (exact) mass is 184 g/mol. The third kappa shape index (κ3) is 2.50. The van der Waals surface area contributed by atoms with E-state index in [1.54, 1.807) is 18.2 Å². The maximum atomic E-state index is 13.2. The quantitative estimate of drug-likeness (QED) is 0.769. The lowest BCUT2D eigenvalue weighted by atomic mass is 10.0. The number of hydrogen-bond acceptors (Lipinski definition) is 2. The minimum Gasteiger partial charge on any atom is -0.396 e. The summed E-state index contributed by atoms with van der Waals surface area (Å²) < 4.78 is 18.1. The molecule has 0 aliphatic carbocycles. The van der Waals surface area contributed by atoms with E-state index in [1.165, 1.54) is 13.2 Å². The average molecular weight is 184 g/mol. The van der Waals surface area contributed by atoms with Gasteiger partial charge in [-0.2, -0.15) is 0 Å². The number of aliphatic hydroxyl groups excluding tert-OH is 1. The molecule has 1 aromatic rings. The van der Waals surface area contributed by atoms with Crippen molar-refractivity contribution in [1.82, 2.24) is 0 Å². The van der Waals surface area contributed by atoms with E-state index >= 15 is 0 Å². The summed E-state index contributed by atoms with van der Waals surface area (Å²) in [6.07, 6.45) is 0. The first-order valence-corrected chi connectivity index (χ1v) is 4.13. The molecular weight excluding hydrogens is 171 g/mol. The number of benzene rings is 1. The Morgan fingerprint density at radius 2 is 2.15 bits per heavy atom. The van der Waals surface area contributed by atoms with E-state index < -0.39 is 0 Å². The van der Waals surface area contributed by atoms with Gasteiger partial charge in [-0.15, -0.1) is 0 Å². The molecule has 0 bridgehead atoms. The van der Waals surface area contributed by atoms with Crippen LogP contribution in [0.3, 0.4) is 0 Å². The van der Waals surface area contributed by atoms with E-state index in [0.717, 1.165) is 0 Å². The van der Waals surface area contributed by atoms with Crippen molar-refractivity contribution in [3.8, 4) is 0 Å². The van der Waals surface area contributed by atoms with Crippen molar-refractivity contribution in [3.05, 3.63) is 35.6 Å². The van der Waals surface area contributed by atoms with Crippen molar-refractivity contribution >= 4 is 0 Å². The number of hydrogen-bond donors (Lipinski definition) is 1. The zero-order valence-corrected chi connectivity index (χ0v) is 7.53. The summed E-state index contributed by atoms with van der Waals surface area (Å²) in [4.78, 5) is 0. The molecule has 13 heavy (non-hydrogen) atoms. The molecule has 0 amide bonds. The van der Waals surface area contributed by atoms with Gasteiger partial charge in [-0.3, -0.25) is 0 Å². The number of rotatable bonds is 4. The van der Waals surface area contributed by atoms with E-state index in [-0.39, 0.29) is 18.3 Å². The largest absolute Gasteiger partial charge is 0.396 e. The maximum absolute atomic E-state index is 13.2. The van der Waals surface area contributed by atoms with Crippen molar-refractivity contribution in [3.63, 3.8) is 0 Å². The second kappa shape index (κ2) is 4.94. The average Bonchev–Trinajstić information content (AvgIpc) is 2.16. The fourth-order valence-electron chi connectivity index (χ4n) is 1.25. The summed E-state index contributed by atoms with van der Waals surface area (Å²) >= 11 is 0. The number of aliphatic hydroxyl groups is 1. The van der Waals surface area contributed by atoms with Crippen LogP contribution in [0.2, 0.25) is 0 Å². The van der Waals surface area contributed by atoms with Crippen molar-refractivity contribution in [1.29, 1.82) is 0 Å². The molecule has 1 rings (SSSR count). The maximum Gasteiger partial charge on any atom is 0.126 e. The van der Waals surface area contributed by atoms with E-state index in [0.29, 0.717) is 12.2 Å². The highest BCUT2D eigenvalue weighted by Gasteiger charge is 2.13. The van der Waals surface area contributed by atoms with Crippen LogP contribution >= 0.6 is 0 Å². The Kier molecular flexibility index (Phi) is 3.86. The molecule has 0 aliphatic rings. The second-order valence-electron chi connectivity index (χ2n) is 2.86. The molecule has 0 spiro atoms. The second-order valence-corrected chi connectivity index (χ2v) is 2.86. The molecule has 1 N–H and O–H groups in total. The summed E-state index contributed by atoms with van der Waals surface area (Å²) in [5.74, 6) is -0.565. The van der Waals surface area contributed by atoms with Gasteiger partial charge in [0.2, 0.25) is 0 Å². The molecule has 0 heterocycles. The molecule has 3 heteroatoms. The van der Waals surface area contributed by atoms with Gasteiger partial charge in [-0.25, -0.2) is 4.39 Å². The lowest BCUT2D eigenvalue weighted by Crippen LogP contribution is -2.12. The van der Waals surface area contributed by atoms with E-state index in [9.17, 15) is 4.39 Å². The van der Waals surface area contributed by atoms with Crippen LogP contribution in [0.25, 0.3) is 0 Å².